The van der Waals surface area contributed by atoms with E-state index in [0.29, 0.717) is 12.4 Å². The minimum Gasteiger partial charge on any atom is -0.481 e. The summed E-state index contributed by atoms with van der Waals surface area (Å²) in [5.41, 5.74) is 6.43. The molecule has 0 aliphatic rings. The number of nitrogens with two attached hydrogens (primary N) is 1. The van der Waals surface area contributed by atoms with Gasteiger partial charge < -0.3 is 15.8 Å². The normalized spacial score (nSPS) is 10.1. The van der Waals surface area contributed by atoms with E-state index < -0.39 is 5.82 Å². The van der Waals surface area contributed by atoms with E-state index in [0.717, 1.165) is 11.6 Å². The highest BCUT2D eigenvalue weighted by Crippen LogP contribution is 2.12. The monoisotopic (exact) mass is 275 g/mol. The number of pyridine rings is 1. The predicted molar refractivity (Wildman–Crippen MR) is 72.8 cm³/mol. The number of benzene rings is 1. The largest absolute Gasteiger partial charge is 0.481 e. The van der Waals surface area contributed by atoms with Gasteiger partial charge in [-0.15, -0.1) is 0 Å². The number of hydrogen-bond donors (Lipinski definition) is 2. The molecule has 20 heavy (non-hydrogen) atoms. The van der Waals surface area contributed by atoms with Gasteiger partial charge >= 0.3 is 0 Å². The molecule has 0 spiro atoms. The van der Waals surface area contributed by atoms with Gasteiger partial charge in [0.1, 0.15) is 5.82 Å². The first-order valence-electron chi connectivity index (χ1n) is 5.92. The summed E-state index contributed by atoms with van der Waals surface area (Å²) >= 11 is 0. The fourth-order valence-electron chi connectivity index (χ4n) is 1.62. The summed E-state index contributed by atoms with van der Waals surface area (Å²) in [5, 5.41) is 2.68. The highest BCUT2D eigenvalue weighted by Gasteiger charge is 2.08. The number of methoxy groups -OCH3 is 1. The van der Waals surface area contributed by atoms with Crippen LogP contribution in [0.4, 0.5) is 10.1 Å². The van der Waals surface area contributed by atoms with Gasteiger partial charge in [0, 0.05) is 24.4 Å². The average Bonchev–Trinajstić information content (AvgIpc) is 2.47. The predicted octanol–water partition coefficient (Wildman–Crippen LogP) is 1.74. The van der Waals surface area contributed by atoms with Crippen LogP contribution in [0.1, 0.15) is 15.9 Å². The molecule has 2 rings (SSSR count). The molecule has 0 aliphatic carbocycles. The van der Waals surface area contributed by atoms with E-state index in [2.05, 4.69) is 10.3 Å². The summed E-state index contributed by atoms with van der Waals surface area (Å²) in [6.45, 7) is 0.295. The number of nitrogen functional groups attached to an aromatic ring is 1. The SMILES string of the molecule is COc1cc(CNC(=O)c2ccc(N)c(F)c2)ccn1. The lowest BCUT2D eigenvalue weighted by atomic mass is 10.2. The maximum atomic E-state index is 13.3. The Kier molecular flexibility index (Phi) is 4.14. The van der Waals surface area contributed by atoms with Gasteiger partial charge in [0.05, 0.1) is 12.8 Å². The van der Waals surface area contributed by atoms with E-state index in [1.54, 1.807) is 18.3 Å². The maximum Gasteiger partial charge on any atom is 0.251 e. The minimum absolute atomic E-state index is 0.0143. The molecular formula is C14H14FN3O2. The zero-order valence-corrected chi connectivity index (χ0v) is 10.9. The molecule has 2 aromatic rings. The number of aromatic nitrogens is 1. The number of ether oxygens (including phenoxy) is 1. The summed E-state index contributed by atoms with van der Waals surface area (Å²) < 4.78 is 18.3. The number of amides is 1. The zero-order valence-electron chi connectivity index (χ0n) is 10.9. The Morgan fingerprint density at radius 3 is 2.90 bits per heavy atom. The van der Waals surface area contributed by atoms with Crippen LogP contribution in [0.5, 0.6) is 5.88 Å². The molecule has 0 saturated carbocycles. The molecular weight excluding hydrogens is 261 g/mol. The molecule has 0 fully saturated rings. The Labute approximate surface area is 115 Å². The lowest BCUT2D eigenvalue weighted by Crippen LogP contribution is -2.23. The van der Waals surface area contributed by atoms with Crippen molar-refractivity contribution in [2.45, 2.75) is 6.54 Å². The van der Waals surface area contributed by atoms with Gasteiger partial charge in [-0.05, 0) is 29.8 Å². The number of halogens is 1. The molecule has 0 saturated heterocycles. The Balaban J connectivity index is 2.02. The number of carbonyl (C=O) groups is 1. The number of nitrogens with zero attached hydrogens (tertiary/aromatic N) is 1. The highest BCUT2D eigenvalue weighted by molar-refractivity contribution is 5.94. The number of carbonyl (C=O) groups excluding carboxylic acids is 1. The topological polar surface area (TPSA) is 77.2 Å². The smallest absolute Gasteiger partial charge is 0.251 e. The number of anilines is 1. The molecule has 104 valence electrons. The summed E-state index contributed by atoms with van der Waals surface area (Å²) in [6.07, 6.45) is 1.59. The Morgan fingerprint density at radius 2 is 2.20 bits per heavy atom. The fraction of sp³-hybridized carbons (Fsp3) is 0.143. The fourth-order valence-corrected chi connectivity index (χ4v) is 1.62. The lowest BCUT2D eigenvalue weighted by molar-refractivity contribution is 0.0950. The van der Waals surface area contributed by atoms with Crippen LogP contribution in [0.15, 0.2) is 36.5 Å². The lowest BCUT2D eigenvalue weighted by Gasteiger charge is -2.07. The molecule has 0 bridgehead atoms. The Bertz CT molecular complexity index is 632. The summed E-state index contributed by atoms with van der Waals surface area (Å²) in [7, 11) is 1.52. The highest BCUT2D eigenvalue weighted by atomic mass is 19.1. The molecule has 3 N–H and O–H groups in total. The van der Waals surface area contributed by atoms with Crippen LogP contribution in [0.2, 0.25) is 0 Å². The summed E-state index contributed by atoms with van der Waals surface area (Å²) in [4.78, 5) is 15.8. The first-order valence-corrected chi connectivity index (χ1v) is 5.92. The summed E-state index contributed by atoms with van der Waals surface area (Å²) in [5.74, 6) is -0.516. The molecule has 0 unspecified atom stereocenters. The van der Waals surface area contributed by atoms with Crippen molar-refractivity contribution in [2.75, 3.05) is 12.8 Å². The third-order valence-electron chi connectivity index (χ3n) is 2.72. The van der Waals surface area contributed by atoms with Gasteiger partial charge in [-0.2, -0.15) is 0 Å². The van der Waals surface area contributed by atoms with E-state index in [1.165, 1.54) is 19.2 Å². The number of rotatable bonds is 4. The average molecular weight is 275 g/mol. The van der Waals surface area contributed by atoms with E-state index in [1.807, 2.05) is 0 Å². The quantitative estimate of drug-likeness (QED) is 0.833. The Hall–Kier alpha value is -2.63. The molecule has 1 amide bonds. The van der Waals surface area contributed by atoms with Crippen molar-refractivity contribution < 1.29 is 13.9 Å². The molecule has 1 aromatic carbocycles. The van der Waals surface area contributed by atoms with Crippen LogP contribution < -0.4 is 15.8 Å². The minimum atomic E-state index is -0.608. The molecule has 1 aromatic heterocycles. The van der Waals surface area contributed by atoms with Gasteiger partial charge in [0.15, 0.2) is 0 Å². The molecule has 5 nitrogen and oxygen atoms in total. The standard InChI is InChI=1S/C14H14FN3O2/c1-20-13-6-9(4-5-17-13)8-18-14(19)10-2-3-12(16)11(15)7-10/h2-7H,8,16H2,1H3,(H,18,19). The van der Waals surface area contributed by atoms with Crippen LogP contribution in [-0.4, -0.2) is 18.0 Å². The zero-order chi connectivity index (χ0) is 14.5. The second-order valence-corrected chi connectivity index (χ2v) is 4.13. The van der Waals surface area contributed by atoms with E-state index in [9.17, 15) is 9.18 Å². The molecule has 6 heteroatoms. The number of nitrogens with one attached hydrogen (secondary N) is 1. The second kappa shape index (κ2) is 6.01. The van der Waals surface area contributed by atoms with Crippen LogP contribution >= 0.6 is 0 Å². The van der Waals surface area contributed by atoms with E-state index in [-0.39, 0.29) is 17.2 Å². The third kappa shape index (κ3) is 3.23. The second-order valence-electron chi connectivity index (χ2n) is 4.13. The maximum absolute atomic E-state index is 13.3. The summed E-state index contributed by atoms with van der Waals surface area (Å²) in [6, 6.07) is 7.41. The van der Waals surface area contributed by atoms with Crippen molar-refractivity contribution in [2.24, 2.45) is 0 Å². The van der Waals surface area contributed by atoms with Crippen molar-refractivity contribution in [1.82, 2.24) is 10.3 Å². The molecule has 0 aliphatic heterocycles. The third-order valence-corrected chi connectivity index (χ3v) is 2.72. The Morgan fingerprint density at radius 1 is 1.40 bits per heavy atom. The van der Waals surface area contributed by atoms with Crippen LogP contribution in [0.25, 0.3) is 0 Å². The van der Waals surface area contributed by atoms with Crippen molar-refractivity contribution >= 4 is 11.6 Å². The van der Waals surface area contributed by atoms with Gasteiger partial charge in [-0.25, -0.2) is 9.37 Å². The van der Waals surface area contributed by atoms with Crippen LogP contribution in [0.3, 0.4) is 0 Å². The molecule has 0 atom stereocenters. The molecule has 1 heterocycles. The number of hydrogen-bond acceptors (Lipinski definition) is 4. The molecule has 0 radical (unpaired) electrons. The first kappa shape index (κ1) is 13.8. The van der Waals surface area contributed by atoms with Gasteiger partial charge in [-0.3, -0.25) is 4.79 Å². The van der Waals surface area contributed by atoms with Crippen molar-refractivity contribution in [1.29, 1.82) is 0 Å². The van der Waals surface area contributed by atoms with Crippen molar-refractivity contribution in [3.63, 3.8) is 0 Å². The van der Waals surface area contributed by atoms with Crippen LogP contribution in [-0.2, 0) is 6.54 Å². The van der Waals surface area contributed by atoms with E-state index in [4.69, 9.17) is 10.5 Å². The first-order chi connectivity index (χ1) is 9.60. The van der Waals surface area contributed by atoms with E-state index >= 15 is 0 Å². The van der Waals surface area contributed by atoms with Crippen molar-refractivity contribution in [3.05, 3.63) is 53.5 Å². The van der Waals surface area contributed by atoms with Crippen molar-refractivity contribution in [3.8, 4) is 5.88 Å². The van der Waals surface area contributed by atoms with Crippen LogP contribution in [0, 0.1) is 5.82 Å². The van der Waals surface area contributed by atoms with Gasteiger partial charge in [0.2, 0.25) is 5.88 Å². The van der Waals surface area contributed by atoms with Gasteiger partial charge in [-0.1, -0.05) is 0 Å². The van der Waals surface area contributed by atoms with Gasteiger partial charge in [0.25, 0.3) is 5.91 Å².